The molecule has 1 saturated heterocycles. The van der Waals surface area contributed by atoms with Crippen LogP contribution in [0.3, 0.4) is 0 Å². The lowest BCUT2D eigenvalue weighted by molar-refractivity contribution is -0.140. The SMILES string of the molecule is Cc1ccc(C(O)=C2C(=O)C(=O)N(Cc3ccncc3)[C@@H]2c2ccc(C(C)C)cc2)cc1F. The largest absolute Gasteiger partial charge is 0.507 e. The van der Waals surface area contributed by atoms with Crippen molar-refractivity contribution in [2.75, 3.05) is 0 Å². The van der Waals surface area contributed by atoms with Crippen LogP contribution in [0.15, 0.2) is 72.6 Å². The first kappa shape index (κ1) is 22.4. The lowest BCUT2D eigenvalue weighted by Crippen LogP contribution is -2.29. The van der Waals surface area contributed by atoms with Crippen molar-refractivity contribution in [3.63, 3.8) is 0 Å². The summed E-state index contributed by atoms with van der Waals surface area (Å²) in [7, 11) is 0. The number of aryl methyl sites for hydroxylation is 1. The molecule has 0 saturated carbocycles. The minimum Gasteiger partial charge on any atom is -0.507 e. The van der Waals surface area contributed by atoms with E-state index in [1.807, 2.05) is 24.3 Å². The fourth-order valence-corrected chi connectivity index (χ4v) is 4.03. The average molecular weight is 445 g/mol. The van der Waals surface area contributed by atoms with Gasteiger partial charge in [0.05, 0.1) is 11.6 Å². The van der Waals surface area contributed by atoms with Crippen LogP contribution in [0.1, 0.15) is 53.6 Å². The third-order valence-electron chi connectivity index (χ3n) is 6.01. The van der Waals surface area contributed by atoms with Gasteiger partial charge in [0.2, 0.25) is 0 Å². The number of likely N-dealkylation sites (tertiary alicyclic amines) is 1. The van der Waals surface area contributed by atoms with Gasteiger partial charge in [-0.3, -0.25) is 14.6 Å². The molecule has 2 heterocycles. The number of nitrogens with zero attached hydrogens (tertiary/aromatic N) is 2. The van der Waals surface area contributed by atoms with E-state index in [9.17, 15) is 19.1 Å². The molecule has 2 aromatic carbocycles. The molecule has 168 valence electrons. The number of benzene rings is 2. The number of aliphatic hydroxyl groups excluding tert-OH is 1. The number of hydrogen-bond donors (Lipinski definition) is 1. The molecule has 3 aromatic rings. The fraction of sp³-hybridized carbons (Fsp3) is 0.222. The highest BCUT2D eigenvalue weighted by atomic mass is 19.1. The molecule has 0 radical (unpaired) electrons. The van der Waals surface area contributed by atoms with Crippen LogP contribution < -0.4 is 0 Å². The maximum absolute atomic E-state index is 14.2. The van der Waals surface area contributed by atoms with Crippen LogP contribution in [0.2, 0.25) is 0 Å². The van der Waals surface area contributed by atoms with E-state index in [1.165, 1.54) is 17.0 Å². The summed E-state index contributed by atoms with van der Waals surface area (Å²) in [4.78, 5) is 31.6. The second kappa shape index (κ2) is 8.98. The molecule has 33 heavy (non-hydrogen) atoms. The molecule has 1 fully saturated rings. The van der Waals surface area contributed by atoms with Crippen molar-refractivity contribution in [2.45, 2.75) is 39.3 Å². The summed E-state index contributed by atoms with van der Waals surface area (Å²) in [5.41, 5.74) is 3.15. The third-order valence-corrected chi connectivity index (χ3v) is 6.01. The fourth-order valence-electron chi connectivity index (χ4n) is 4.03. The van der Waals surface area contributed by atoms with E-state index in [0.717, 1.165) is 11.1 Å². The summed E-state index contributed by atoms with van der Waals surface area (Å²) in [6.07, 6.45) is 3.24. The highest BCUT2D eigenvalue weighted by Crippen LogP contribution is 2.40. The molecule has 1 aliphatic heterocycles. The number of ketones is 1. The number of Topliss-reactive ketones (excluding diaryl/α,β-unsaturated/α-hetero) is 1. The number of aliphatic hydroxyl groups is 1. The van der Waals surface area contributed by atoms with Gasteiger partial charge in [-0.05, 0) is 53.3 Å². The number of carbonyl (C=O) groups is 2. The number of carbonyl (C=O) groups excluding carboxylic acids is 2. The summed E-state index contributed by atoms with van der Waals surface area (Å²) in [5, 5.41) is 11.1. The zero-order valence-corrected chi connectivity index (χ0v) is 18.7. The molecule has 1 aliphatic rings. The van der Waals surface area contributed by atoms with Gasteiger partial charge in [0.15, 0.2) is 0 Å². The zero-order chi connectivity index (χ0) is 23.7. The number of pyridine rings is 1. The smallest absolute Gasteiger partial charge is 0.295 e. The number of aromatic nitrogens is 1. The Bertz CT molecular complexity index is 1230. The highest BCUT2D eigenvalue weighted by molar-refractivity contribution is 6.46. The van der Waals surface area contributed by atoms with E-state index in [1.54, 1.807) is 37.5 Å². The maximum Gasteiger partial charge on any atom is 0.295 e. The summed E-state index contributed by atoms with van der Waals surface area (Å²) >= 11 is 0. The molecule has 4 rings (SSSR count). The van der Waals surface area contributed by atoms with Crippen LogP contribution >= 0.6 is 0 Å². The highest BCUT2D eigenvalue weighted by Gasteiger charge is 2.46. The Morgan fingerprint density at radius 3 is 2.33 bits per heavy atom. The molecule has 6 heteroatoms. The Labute approximate surface area is 192 Å². The molecular weight excluding hydrogens is 419 g/mol. The van der Waals surface area contributed by atoms with E-state index < -0.39 is 23.5 Å². The summed E-state index contributed by atoms with van der Waals surface area (Å²) < 4.78 is 14.2. The van der Waals surface area contributed by atoms with Gasteiger partial charge in [0, 0.05) is 24.5 Å². The number of rotatable bonds is 5. The molecule has 1 aromatic heterocycles. The van der Waals surface area contributed by atoms with Crippen LogP contribution in [0.4, 0.5) is 4.39 Å². The summed E-state index contributed by atoms with van der Waals surface area (Å²) in [6, 6.07) is 14.6. The van der Waals surface area contributed by atoms with Gasteiger partial charge in [-0.1, -0.05) is 50.2 Å². The van der Waals surface area contributed by atoms with Gasteiger partial charge in [0.25, 0.3) is 11.7 Å². The van der Waals surface area contributed by atoms with Crippen LogP contribution in [0.5, 0.6) is 0 Å². The van der Waals surface area contributed by atoms with Crippen molar-refractivity contribution < 1.29 is 19.1 Å². The quantitative estimate of drug-likeness (QED) is 0.330. The van der Waals surface area contributed by atoms with Crippen LogP contribution in [-0.2, 0) is 16.1 Å². The van der Waals surface area contributed by atoms with Crippen LogP contribution in [-0.4, -0.2) is 26.7 Å². The van der Waals surface area contributed by atoms with E-state index in [-0.39, 0.29) is 23.4 Å². The number of halogens is 1. The first-order valence-corrected chi connectivity index (χ1v) is 10.8. The van der Waals surface area contributed by atoms with Crippen molar-refractivity contribution >= 4 is 17.4 Å². The molecule has 0 aliphatic carbocycles. The Morgan fingerprint density at radius 2 is 1.73 bits per heavy atom. The number of amides is 1. The van der Waals surface area contributed by atoms with Gasteiger partial charge >= 0.3 is 0 Å². The van der Waals surface area contributed by atoms with Gasteiger partial charge in [0.1, 0.15) is 11.6 Å². The monoisotopic (exact) mass is 444 g/mol. The van der Waals surface area contributed by atoms with E-state index in [2.05, 4.69) is 18.8 Å². The normalized spacial score (nSPS) is 17.7. The van der Waals surface area contributed by atoms with Gasteiger partial charge in [-0.25, -0.2) is 4.39 Å². The first-order valence-electron chi connectivity index (χ1n) is 10.8. The van der Waals surface area contributed by atoms with E-state index in [4.69, 9.17) is 0 Å². The Balaban J connectivity index is 1.86. The topological polar surface area (TPSA) is 70.5 Å². The van der Waals surface area contributed by atoms with Gasteiger partial charge in [-0.15, -0.1) is 0 Å². The number of hydrogen-bond acceptors (Lipinski definition) is 4. The molecule has 0 spiro atoms. The van der Waals surface area contributed by atoms with Crippen LogP contribution in [0, 0.1) is 12.7 Å². The van der Waals surface area contributed by atoms with Crippen molar-refractivity contribution in [3.8, 4) is 0 Å². The second-order valence-electron chi connectivity index (χ2n) is 8.57. The van der Waals surface area contributed by atoms with E-state index in [0.29, 0.717) is 17.0 Å². The van der Waals surface area contributed by atoms with Gasteiger partial charge in [-0.2, -0.15) is 0 Å². The Hall–Kier alpha value is -3.80. The lowest BCUT2D eigenvalue weighted by atomic mass is 9.93. The molecule has 1 N–H and O–H groups in total. The zero-order valence-electron chi connectivity index (χ0n) is 18.7. The maximum atomic E-state index is 14.2. The van der Waals surface area contributed by atoms with Crippen molar-refractivity contribution in [1.82, 2.24) is 9.88 Å². The minimum atomic E-state index is -0.802. The summed E-state index contributed by atoms with van der Waals surface area (Å²) in [5.74, 6) is -2.07. The van der Waals surface area contributed by atoms with Crippen molar-refractivity contribution in [2.24, 2.45) is 0 Å². The van der Waals surface area contributed by atoms with E-state index >= 15 is 0 Å². The van der Waals surface area contributed by atoms with Crippen molar-refractivity contribution in [3.05, 3.63) is 106 Å². The molecule has 0 bridgehead atoms. The van der Waals surface area contributed by atoms with Crippen LogP contribution in [0.25, 0.3) is 5.76 Å². The molecule has 0 unspecified atom stereocenters. The Morgan fingerprint density at radius 1 is 1.06 bits per heavy atom. The Kier molecular flexibility index (Phi) is 6.09. The molecular formula is C27H25FN2O3. The minimum absolute atomic E-state index is 0.0467. The standard InChI is InChI=1S/C27H25FN2O3/c1-16(2)19-6-8-20(9-7-19)24-23(25(31)21-5-4-17(3)22(28)14-21)26(32)27(33)30(24)15-18-10-12-29-13-11-18/h4-14,16,24,31H,15H2,1-3H3/t24-/m1/s1. The average Bonchev–Trinajstić information content (AvgIpc) is 3.06. The molecule has 5 nitrogen and oxygen atoms in total. The predicted octanol–water partition coefficient (Wildman–Crippen LogP) is 5.27. The first-order chi connectivity index (χ1) is 15.8. The molecule has 1 amide bonds. The summed E-state index contributed by atoms with van der Waals surface area (Å²) in [6.45, 7) is 5.94. The second-order valence-corrected chi connectivity index (χ2v) is 8.57. The lowest BCUT2D eigenvalue weighted by Gasteiger charge is -2.25. The third kappa shape index (κ3) is 4.29. The predicted molar refractivity (Wildman–Crippen MR) is 124 cm³/mol. The van der Waals surface area contributed by atoms with Gasteiger partial charge < -0.3 is 10.0 Å². The molecule has 1 atom stereocenters. The van der Waals surface area contributed by atoms with Crippen molar-refractivity contribution in [1.29, 1.82) is 0 Å².